The minimum Gasteiger partial charge on any atom is -0.477 e. The van der Waals surface area contributed by atoms with Crippen molar-refractivity contribution in [2.24, 2.45) is 11.7 Å². The maximum atomic E-state index is 15.0. The average molecular weight is 502 g/mol. The summed E-state index contributed by atoms with van der Waals surface area (Å²) in [6, 6.07) is 10.2. The molecule has 1 aliphatic rings. The quantitative estimate of drug-likeness (QED) is 0.557. The number of nitrogens with zero attached hydrogens (tertiary/aromatic N) is 2. The van der Waals surface area contributed by atoms with Crippen LogP contribution < -0.4 is 16.1 Å². The zero-order valence-electron chi connectivity index (χ0n) is 17.1. The van der Waals surface area contributed by atoms with Crippen LogP contribution in [0, 0.1) is 11.7 Å². The van der Waals surface area contributed by atoms with Crippen LogP contribution in [0.4, 0.5) is 10.1 Å². The Hall–Kier alpha value is -3.20. The summed E-state index contributed by atoms with van der Waals surface area (Å²) in [5.41, 5.74) is 5.89. The van der Waals surface area contributed by atoms with Gasteiger partial charge >= 0.3 is 5.97 Å². The lowest BCUT2D eigenvalue weighted by Gasteiger charge is -2.32. The van der Waals surface area contributed by atoms with Crippen LogP contribution in [0.15, 0.2) is 51.9 Å². The van der Waals surface area contributed by atoms with Crippen molar-refractivity contribution in [1.29, 1.82) is 0 Å². The van der Waals surface area contributed by atoms with E-state index in [0.29, 0.717) is 43.7 Å². The third-order valence-corrected chi connectivity index (χ3v) is 6.35. The van der Waals surface area contributed by atoms with Crippen LogP contribution in [0.3, 0.4) is 0 Å². The molecule has 0 saturated carbocycles. The van der Waals surface area contributed by atoms with E-state index in [9.17, 15) is 19.5 Å². The number of halogens is 2. The Morgan fingerprint density at radius 3 is 2.53 bits per heavy atom. The van der Waals surface area contributed by atoms with E-state index in [-0.39, 0.29) is 17.2 Å². The highest BCUT2D eigenvalue weighted by Crippen LogP contribution is 2.29. The summed E-state index contributed by atoms with van der Waals surface area (Å²) >= 11 is 3.42. The molecule has 1 fully saturated rings. The van der Waals surface area contributed by atoms with Gasteiger partial charge in [0, 0.05) is 41.6 Å². The van der Waals surface area contributed by atoms with Crippen LogP contribution in [0.5, 0.6) is 0 Å². The fourth-order valence-electron chi connectivity index (χ4n) is 4.16. The Kier molecular flexibility index (Phi) is 6.01. The number of carboxylic acids is 1. The van der Waals surface area contributed by atoms with E-state index in [1.807, 2.05) is 29.2 Å². The highest BCUT2D eigenvalue weighted by Gasteiger charge is 2.26. The van der Waals surface area contributed by atoms with Crippen LogP contribution in [0.1, 0.15) is 28.8 Å². The first-order chi connectivity index (χ1) is 15.2. The number of anilines is 1. The van der Waals surface area contributed by atoms with Crippen molar-refractivity contribution in [3.63, 3.8) is 0 Å². The fourth-order valence-corrected chi connectivity index (χ4v) is 4.61. The van der Waals surface area contributed by atoms with Crippen molar-refractivity contribution < 1.29 is 19.1 Å². The number of aromatic nitrogens is 1. The first-order valence-corrected chi connectivity index (χ1v) is 10.9. The first-order valence-electron chi connectivity index (χ1n) is 10.1. The van der Waals surface area contributed by atoms with Gasteiger partial charge in [-0.25, -0.2) is 9.18 Å². The number of primary amides is 1. The molecule has 2 heterocycles. The van der Waals surface area contributed by atoms with Crippen molar-refractivity contribution >= 4 is 44.4 Å². The smallest absolute Gasteiger partial charge is 0.341 e. The van der Waals surface area contributed by atoms with Gasteiger partial charge in [-0.1, -0.05) is 28.1 Å². The van der Waals surface area contributed by atoms with Crippen LogP contribution >= 0.6 is 15.9 Å². The van der Waals surface area contributed by atoms with Crippen molar-refractivity contribution in [2.75, 3.05) is 18.0 Å². The number of fused-ring (bicyclic) bond motifs is 1. The molecule has 0 unspecified atom stereocenters. The van der Waals surface area contributed by atoms with Crippen LogP contribution in [0.25, 0.3) is 10.9 Å². The van der Waals surface area contributed by atoms with E-state index in [1.54, 1.807) is 10.6 Å². The van der Waals surface area contributed by atoms with Gasteiger partial charge in [0.1, 0.15) is 11.4 Å². The highest BCUT2D eigenvalue weighted by atomic mass is 79.9. The first kappa shape index (κ1) is 22.0. The Labute approximate surface area is 191 Å². The molecule has 0 atom stereocenters. The third kappa shape index (κ3) is 4.25. The number of carbonyl (C=O) groups excluding carboxylic acids is 1. The van der Waals surface area contributed by atoms with E-state index in [0.717, 1.165) is 16.1 Å². The summed E-state index contributed by atoms with van der Waals surface area (Å²) < 4.78 is 17.6. The zero-order valence-corrected chi connectivity index (χ0v) is 18.6. The zero-order chi connectivity index (χ0) is 23.0. The van der Waals surface area contributed by atoms with Crippen LogP contribution in [-0.2, 0) is 11.3 Å². The van der Waals surface area contributed by atoms with Crippen LogP contribution in [0.2, 0.25) is 0 Å². The lowest BCUT2D eigenvalue weighted by molar-refractivity contribution is -0.122. The molecular formula is C23H21BrFN3O4. The Morgan fingerprint density at radius 1 is 1.19 bits per heavy atom. The summed E-state index contributed by atoms with van der Waals surface area (Å²) in [6.45, 7) is 1.21. The average Bonchev–Trinajstić information content (AvgIpc) is 2.75. The van der Waals surface area contributed by atoms with Gasteiger partial charge < -0.3 is 20.3 Å². The monoisotopic (exact) mass is 501 g/mol. The lowest BCUT2D eigenvalue weighted by Crippen LogP contribution is -2.39. The standard InChI is InChI=1S/C23H21BrFN3O4/c24-15-3-1-2-13(8-15)11-28-12-17(23(31)32)21(29)16-9-18(25)20(10-19(16)28)27-6-4-14(5-7-27)22(26)30/h1-3,8-10,12,14H,4-7,11H2,(H2,26,30)(H,31,32). The summed E-state index contributed by atoms with van der Waals surface area (Å²) in [5, 5.41) is 9.50. The van der Waals surface area contributed by atoms with E-state index in [4.69, 9.17) is 5.73 Å². The van der Waals surface area contributed by atoms with Gasteiger partial charge in [0.15, 0.2) is 0 Å². The molecule has 0 spiro atoms. The number of carbonyl (C=O) groups is 2. The molecule has 32 heavy (non-hydrogen) atoms. The van der Waals surface area contributed by atoms with Gasteiger partial charge in [-0.15, -0.1) is 0 Å². The van der Waals surface area contributed by atoms with Crippen molar-refractivity contribution in [3.8, 4) is 0 Å². The molecule has 7 nitrogen and oxygen atoms in total. The second kappa shape index (κ2) is 8.74. The van der Waals surface area contributed by atoms with Gasteiger partial charge in [0.25, 0.3) is 0 Å². The Morgan fingerprint density at radius 2 is 1.91 bits per heavy atom. The number of carboxylic acid groups (broad SMARTS) is 1. The molecule has 1 amide bonds. The number of aromatic carboxylic acids is 1. The number of piperidine rings is 1. The van der Waals surface area contributed by atoms with E-state index in [1.165, 1.54) is 6.20 Å². The number of hydrogen-bond acceptors (Lipinski definition) is 4. The maximum Gasteiger partial charge on any atom is 0.341 e. The van der Waals surface area contributed by atoms with Gasteiger partial charge in [-0.3, -0.25) is 9.59 Å². The number of nitrogens with two attached hydrogens (primary N) is 1. The molecular weight excluding hydrogens is 481 g/mol. The van der Waals surface area contributed by atoms with Crippen LogP contribution in [-0.4, -0.2) is 34.6 Å². The second-order valence-corrected chi connectivity index (χ2v) is 8.84. The highest BCUT2D eigenvalue weighted by molar-refractivity contribution is 9.10. The molecule has 1 aliphatic heterocycles. The summed E-state index contributed by atoms with van der Waals surface area (Å²) in [5.74, 6) is -2.56. The number of pyridine rings is 1. The maximum absolute atomic E-state index is 15.0. The number of benzene rings is 2. The largest absolute Gasteiger partial charge is 0.477 e. The molecule has 9 heteroatoms. The van der Waals surface area contributed by atoms with Gasteiger partial charge in [-0.2, -0.15) is 0 Å². The Bertz CT molecular complexity index is 1280. The molecule has 166 valence electrons. The van der Waals surface area contributed by atoms with Gasteiger partial charge in [0.05, 0.1) is 11.2 Å². The van der Waals surface area contributed by atoms with E-state index in [2.05, 4.69) is 15.9 Å². The Balaban J connectivity index is 1.83. The number of hydrogen-bond donors (Lipinski definition) is 2. The lowest BCUT2D eigenvalue weighted by atomic mass is 9.95. The predicted octanol–water partition coefficient (Wildman–Crippen LogP) is 3.35. The summed E-state index contributed by atoms with van der Waals surface area (Å²) in [4.78, 5) is 37.7. The van der Waals surface area contributed by atoms with E-state index < -0.39 is 22.8 Å². The molecule has 0 bridgehead atoms. The fraction of sp³-hybridized carbons (Fsp3) is 0.261. The molecule has 3 aromatic rings. The second-order valence-electron chi connectivity index (χ2n) is 7.92. The van der Waals surface area contributed by atoms with Crippen molar-refractivity contribution in [3.05, 3.63) is 74.2 Å². The van der Waals surface area contributed by atoms with Crippen molar-refractivity contribution in [1.82, 2.24) is 4.57 Å². The third-order valence-electron chi connectivity index (χ3n) is 5.86. The summed E-state index contributed by atoms with van der Waals surface area (Å²) in [6.07, 6.45) is 2.35. The molecule has 0 aliphatic carbocycles. The molecule has 2 aromatic carbocycles. The summed E-state index contributed by atoms with van der Waals surface area (Å²) in [7, 11) is 0. The van der Waals surface area contributed by atoms with Gasteiger partial charge in [-0.05, 0) is 42.7 Å². The topological polar surface area (TPSA) is 106 Å². The molecule has 1 aromatic heterocycles. The minimum absolute atomic E-state index is 0.00756. The SMILES string of the molecule is NC(=O)C1CCN(c2cc3c(cc2F)c(=O)c(C(=O)O)cn3Cc2cccc(Br)c2)CC1. The van der Waals surface area contributed by atoms with Crippen molar-refractivity contribution in [2.45, 2.75) is 19.4 Å². The molecule has 3 N–H and O–H groups in total. The molecule has 4 rings (SSSR count). The van der Waals surface area contributed by atoms with Gasteiger partial charge in [0.2, 0.25) is 11.3 Å². The minimum atomic E-state index is -1.36. The normalized spacial score (nSPS) is 14.6. The number of amides is 1. The molecule has 0 radical (unpaired) electrons. The predicted molar refractivity (Wildman–Crippen MR) is 123 cm³/mol. The molecule has 1 saturated heterocycles. The van der Waals surface area contributed by atoms with E-state index >= 15 is 4.39 Å². The number of rotatable bonds is 5.